The van der Waals surface area contributed by atoms with Crippen LogP contribution in [-0.4, -0.2) is 30.4 Å². The Morgan fingerprint density at radius 2 is 2.00 bits per heavy atom. The van der Waals surface area contributed by atoms with Crippen LogP contribution in [-0.2, 0) is 4.79 Å². The minimum atomic E-state index is -0.753. The molecular formula is C16H18FN3O2S. The van der Waals surface area contributed by atoms with Gasteiger partial charge in [0.15, 0.2) is 0 Å². The lowest BCUT2D eigenvalue weighted by Gasteiger charge is -2.22. The summed E-state index contributed by atoms with van der Waals surface area (Å²) in [7, 11) is 1.80. The number of halogens is 1. The average molecular weight is 335 g/mol. The van der Waals surface area contributed by atoms with Crippen LogP contribution < -0.4 is 10.6 Å². The Balaban J connectivity index is 1.84. The van der Waals surface area contributed by atoms with E-state index >= 15 is 0 Å². The van der Waals surface area contributed by atoms with Gasteiger partial charge in [-0.1, -0.05) is 18.2 Å². The van der Waals surface area contributed by atoms with Gasteiger partial charge in [-0.25, -0.2) is 9.18 Å². The number of nitrogens with zero attached hydrogens (tertiary/aromatic N) is 1. The fourth-order valence-corrected chi connectivity index (χ4v) is 2.84. The molecule has 0 aliphatic rings. The number of para-hydroxylation sites is 1. The number of hydrogen-bond donors (Lipinski definition) is 2. The third-order valence-electron chi connectivity index (χ3n) is 3.38. The smallest absolute Gasteiger partial charge is 0.305 e. The topological polar surface area (TPSA) is 61.4 Å². The largest absolute Gasteiger partial charge is 0.326 e. The fraction of sp³-hybridized carbons (Fsp3) is 0.250. The molecule has 7 heteroatoms. The van der Waals surface area contributed by atoms with Crippen molar-refractivity contribution in [2.75, 3.05) is 18.9 Å². The number of imide groups is 1. The molecule has 0 aliphatic carbocycles. The third-order valence-corrected chi connectivity index (χ3v) is 4.43. The first kappa shape index (κ1) is 17.1. The molecule has 0 saturated heterocycles. The number of rotatable bonds is 5. The Hall–Kier alpha value is -2.25. The van der Waals surface area contributed by atoms with Crippen LogP contribution in [0.3, 0.4) is 0 Å². The molecule has 1 aromatic carbocycles. The average Bonchev–Trinajstić information content (AvgIpc) is 3.02. The molecule has 1 unspecified atom stereocenters. The van der Waals surface area contributed by atoms with Crippen LogP contribution in [0.1, 0.15) is 17.8 Å². The molecule has 0 spiro atoms. The molecular weight excluding hydrogens is 317 g/mol. The summed E-state index contributed by atoms with van der Waals surface area (Å²) in [5.74, 6) is -1.01. The van der Waals surface area contributed by atoms with Gasteiger partial charge in [0.1, 0.15) is 5.82 Å². The van der Waals surface area contributed by atoms with E-state index in [2.05, 4.69) is 10.6 Å². The van der Waals surface area contributed by atoms with Gasteiger partial charge in [-0.05, 0) is 37.6 Å². The van der Waals surface area contributed by atoms with Crippen LogP contribution in [0, 0.1) is 5.82 Å². The Kier molecular flexibility index (Phi) is 5.84. The van der Waals surface area contributed by atoms with Crippen LogP contribution in [0.2, 0.25) is 0 Å². The van der Waals surface area contributed by atoms with Crippen molar-refractivity contribution in [3.63, 3.8) is 0 Å². The van der Waals surface area contributed by atoms with E-state index in [0.29, 0.717) is 0 Å². The SMILES string of the molecule is CC(c1cccs1)N(C)CC(=O)NC(=O)Nc1ccccc1F. The highest BCUT2D eigenvalue weighted by molar-refractivity contribution is 7.10. The summed E-state index contributed by atoms with van der Waals surface area (Å²) >= 11 is 1.61. The maximum Gasteiger partial charge on any atom is 0.326 e. The lowest BCUT2D eigenvalue weighted by Crippen LogP contribution is -2.41. The fourth-order valence-electron chi connectivity index (χ4n) is 1.99. The molecule has 3 amide bonds. The van der Waals surface area contributed by atoms with Crippen LogP contribution in [0.25, 0.3) is 0 Å². The zero-order chi connectivity index (χ0) is 16.8. The Labute approximate surface area is 138 Å². The van der Waals surface area contributed by atoms with Gasteiger partial charge in [0.25, 0.3) is 0 Å². The maximum atomic E-state index is 13.4. The molecule has 122 valence electrons. The second-order valence-corrected chi connectivity index (χ2v) is 6.07. The number of carbonyl (C=O) groups is 2. The number of carbonyl (C=O) groups excluding carboxylic acids is 2. The summed E-state index contributed by atoms with van der Waals surface area (Å²) in [6, 6.07) is 9.02. The molecule has 0 fully saturated rings. The Bertz CT molecular complexity index is 676. The second kappa shape index (κ2) is 7.85. The number of hydrogen-bond acceptors (Lipinski definition) is 4. The van der Waals surface area contributed by atoms with Crippen molar-refractivity contribution in [2.24, 2.45) is 0 Å². The molecule has 1 heterocycles. The lowest BCUT2D eigenvalue weighted by molar-refractivity contribution is -0.121. The van der Waals surface area contributed by atoms with Crippen LogP contribution in [0.4, 0.5) is 14.9 Å². The van der Waals surface area contributed by atoms with Crippen LogP contribution >= 0.6 is 11.3 Å². The predicted octanol–water partition coefficient (Wildman–Crippen LogP) is 3.23. The molecule has 2 N–H and O–H groups in total. The van der Waals surface area contributed by atoms with Gasteiger partial charge < -0.3 is 5.32 Å². The van der Waals surface area contributed by atoms with Crippen molar-refractivity contribution in [1.82, 2.24) is 10.2 Å². The number of likely N-dealkylation sites (N-methyl/N-ethyl adjacent to an activating group) is 1. The Morgan fingerprint density at radius 1 is 1.26 bits per heavy atom. The van der Waals surface area contributed by atoms with Crippen molar-refractivity contribution in [3.8, 4) is 0 Å². The standard InChI is InChI=1S/C16H18FN3O2S/c1-11(14-8-5-9-23-14)20(2)10-15(21)19-16(22)18-13-7-4-3-6-12(13)17/h3-9,11H,10H2,1-2H3,(H2,18,19,21,22). The third kappa shape index (κ3) is 4.87. The molecule has 0 aliphatic heterocycles. The summed E-state index contributed by atoms with van der Waals surface area (Å²) in [6.45, 7) is 2.04. The van der Waals surface area contributed by atoms with E-state index in [1.165, 1.54) is 18.2 Å². The summed E-state index contributed by atoms with van der Waals surface area (Å²) in [5, 5.41) is 6.48. The summed E-state index contributed by atoms with van der Waals surface area (Å²) in [4.78, 5) is 26.6. The molecule has 1 aromatic heterocycles. The number of urea groups is 1. The molecule has 2 aromatic rings. The quantitative estimate of drug-likeness (QED) is 0.882. The minimum Gasteiger partial charge on any atom is -0.305 e. The highest BCUT2D eigenvalue weighted by atomic mass is 32.1. The van der Waals surface area contributed by atoms with Crippen molar-refractivity contribution >= 4 is 29.0 Å². The van der Waals surface area contributed by atoms with Gasteiger partial charge >= 0.3 is 6.03 Å². The van der Waals surface area contributed by atoms with Crippen LogP contribution in [0.15, 0.2) is 41.8 Å². The maximum absolute atomic E-state index is 13.4. The number of nitrogens with one attached hydrogen (secondary N) is 2. The van der Waals surface area contributed by atoms with Crippen molar-refractivity contribution in [2.45, 2.75) is 13.0 Å². The predicted molar refractivity (Wildman–Crippen MR) is 88.9 cm³/mol. The normalized spacial score (nSPS) is 12.0. The first-order valence-electron chi connectivity index (χ1n) is 7.06. The van der Waals surface area contributed by atoms with Crippen molar-refractivity contribution < 1.29 is 14.0 Å². The molecule has 2 rings (SSSR count). The van der Waals surface area contributed by atoms with E-state index in [9.17, 15) is 14.0 Å². The van der Waals surface area contributed by atoms with Gasteiger partial charge in [-0.15, -0.1) is 11.3 Å². The van der Waals surface area contributed by atoms with Gasteiger partial charge in [-0.2, -0.15) is 0 Å². The zero-order valence-electron chi connectivity index (χ0n) is 12.9. The first-order chi connectivity index (χ1) is 11.0. The van der Waals surface area contributed by atoms with E-state index in [4.69, 9.17) is 0 Å². The second-order valence-electron chi connectivity index (χ2n) is 5.09. The summed E-state index contributed by atoms with van der Waals surface area (Å²) < 4.78 is 13.4. The van der Waals surface area contributed by atoms with Crippen molar-refractivity contribution in [1.29, 1.82) is 0 Å². The monoisotopic (exact) mass is 335 g/mol. The van der Waals surface area contributed by atoms with Gasteiger partial charge in [0, 0.05) is 10.9 Å². The summed E-state index contributed by atoms with van der Waals surface area (Å²) in [6.07, 6.45) is 0. The van der Waals surface area contributed by atoms with E-state index in [0.717, 1.165) is 4.88 Å². The van der Waals surface area contributed by atoms with Crippen molar-refractivity contribution in [3.05, 3.63) is 52.5 Å². The molecule has 0 radical (unpaired) electrons. The number of anilines is 1. The molecule has 23 heavy (non-hydrogen) atoms. The Morgan fingerprint density at radius 3 is 2.65 bits per heavy atom. The number of amides is 3. The molecule has 5 nitrogen and oxygen atoms in total. The number of benzene rings is 1. The van der Waals surface area contributed by atoms with E-state index in [1.807, 2.05) is 29.3 Å². The summed E-state index contributed by atoms with van der Waals surface area (Å²) in [5.41, 5.74) is 0.0260. The van der Waals surface area contributed by atoms with E-state index in [1.54, 1.807) is 24.5 Å². The highest BCUT2D eigenvalue weighted by Gasteiger charge is 2.17. The van der Waals surface area contributed by atoms with Crippen LogP contribution in [0.5, 0.6) is 0 Å². The first-order valence-corrected chi connectivity index (χ1v) is 7.94. The molecule has 0 bridgehead atoms. The van der Waals surface area contributed by atoms with E-state index in [-0.39, 0.29) is 18.3 Å². The van der Waals surface area contributed by atoms with Gasteiger partial charge in [0.2, 0.25) is 5.91 Å². The minimum absolute atomic E-state index is 0.0260. The van der Waals surface area contributed by atoms with Gasteiger partial charge in [-0.3, -0.25) is 15.0 Å². The van der Waals surface area contributed by atoms with Gasteiger partial charge in [0.05, 0.1) is 12.2 Å². The number of thiophene rings is 1. The highest BCUT2D eigenvalue weighted by Crippen LogP contribution is 2.22. The van der Waals surface area contributed by atoms with E-state index < -0.39 is 17.8 Å². The zero-order valence-corrected chi connectivity index (χ0v) is 13.7. The molecule has 0 saturated carbocycles. The molecule has 1 atom stereocenters. The lowest BCUT2D eigenvalue weighted by atomic mass is 10.2.